The Bertz CT molecular complexity index is 488. The Morgan fingerprint density at radius 3 is 2.50 bits per heavy atom. The first-order chi connectivity index (χ1) is 7.62. The molecular formula is C11H12N2O2S. The van der Waals surface area contributed by atoms with Crippen molar-refractivity contribution in [2.75, 3.05) is 6.54 Å². The minimum Gasteiger partial charge on any atom is -0.202 e. The van der Waals surface area contributed by atoms with Crippen LogP contribution >= 0.6 is 0 Å². The minimum atomic E-state index is -3.70. The topological polar surface area (TPSA) is 61.2 Å². The van der Waals surface area contributed by atoms with Crippen LogP contribution in [0.2, 0.25) is 0 Å². The molecule has 5 heteroatoms. The van der Waals surface area contributed by atoms with Crippen molar-refractivity contribution < 1.29 is 8.42 Å². The van der Waals surface area contributed by atoms with E-state index < -0.39 is 10.0 Å². The highest BCUT2D eigenvalue weighted by atomic mass is 32.2. The van der Waals surface area contributed by atoms with Crippen molar-refractivity contribution in [2.24, 2.45) is 0 Å². The quantitative estimate of drug-likeness (QED) is 0.444. The van der Waals surface area contributed by atoms with Gasteiger partial charge in [0.1, 0.15) is 0 Å². The van der Waals surface area contributed by atoms with Crippen LogP contribution in [-0.2, 0) is 10.0 Å². The van der Waals surface area contributed by atoms with E-state index in [4.69, 9.17) is 5.26 Å². The van der Waals surface area contributed by atoms with E-state index in [2.05, 4.69) is 6.58 Å². The van der Waals surface area contributed by atoms with Crippen LogP contribution in [0.4, 0.5) is 0 Å². The number of nitriles is 1. The highest BCUT2D eigenvalue weighted by molar-refractivity contribution is 7.89. The molecule has 0 N–H and O–H groups in total. The fourth-order valence-electron chi connectivity index (χ4n) is 1.15. The molecule has 0 saturated carbocycles. The van der Waals surface area contributed by atoms with E-state index in [1.807, 2.05) is 0 Å². The van der Waals surface area contributed by atoms with Crippen molar-refractivity contribution in [3.05, 3.63) is 43.0 Å². The molecule has 0 aliphatic rings. The van der Waals surface area contributed by atoms with E-state index in [1.54, 1.807) is 30.5 Å². The van der Waals surface area contributed by atoms with Gasteiger partial charge in [0.25, 0.3) is 10.0 Å². The van der Waals surface area contributed by atoms with Gasteiger partial charge in [0, 0.05) is 6.54 Å². The van der Waals surface area contributed by atoms with Crippen LogP contribution in [0.25, 0.3) is 0 Å². The predicted molar refractivity (Wildman–Crippen MR) is 60.8 cm³/mol. The second-order valence-corrected chi connectivity index (χ2v) is 4.93. The SMILES string of the molecule is C=CCCN(C#N)S(=O)(=O)c1ccccc1. The zero-order chi connectivity index (χ0) is 12.0. The predicted octanol–water partition coefficient (Wildman–Crippen LogP) is 1.73. The van der Waals surface area contributed by atoms with Gasteiger partial charge in [-0.3, -0.25) is 0 Å². The number of sulfonamides is 1. The molecule has 0 aliphatic carbocycles. The van der Waals surface area contributed by atoms with Gasteiger partial charge in [-0.15, -0.1) is 6.58 Å². The van der Waals surface area contributed by atoms with Gasteiger partial charge in [0.2, 0.25) is 0 Å². The monoisotopic (exact) mass is 236 g/mol. The van der Waals surface area contributed by atoms with E-state index in [1.165, 1.54) is 12.1 Å². The van der Waals surface area contributed by atoms with Crippen molar-refractivity contribution in [1.82, 2.24) is 4.31 Å². The standard InChI is InChI=1S/C11H12N2O2S/c1-2-3-9-13(10-12)16(14,15)11-7-5-4-6-8-11/h2,4-8H,1,3,9H2. The molecule has 0 atom stereocenters. The first-order valence-corrected chi connectivity index (χ1v) is 6.15. The van der Waals surface area contributed by atoms with E-state index in [0.29, 0.717) is 6.42 Å². The Balaban J connectivity index is 3.01. The average molecular weight is 236 g/mol. The molecular weight excluding hydrogens is 224 g/mol. The normalized spacial score (nSPS) is 10.4. The largest absolute Gasteiger partial charge is 0.272 e. The Labute approximate surface area is 95.5 Å². The molecule has 0 bridgehead atoms. The zero-order valence-corrected chi connectivity index (χ0v) is 9.52. The second-order valence-electron chi connectivity index (χ2n) is 3.07. The van der Waals surface area contributed by atoms with Gasteiger partial charge in [-0.05, 0) is 18.6 Å². The highest BCUT2D eigenvalue weighted by Gasteiger charge is 2.21. The van der Waals surface area contributed by atoms with Gasteiger partial charge in [-0.1, -0.05) is 24.3 Å². The fourth-order valence-corrected chi connectivity index (χ4v) is 2.36. The van der Waals surface area contributed by atoms with E-state index in [0.717, 1.165) is 4.31 Å². The molecule has 0 saturated heterocycles. The summed E-state index contributed by atoms with van der Waals surface area (Å²) in [5.41, 5.74) is 0. The summed E-state index contributed by atoms with van der Waals surface area (Å²) in [7, 11) is -3.70. The third-order valence-corrected chi connectivity index (χ3v) is 3.69. The Kier molecular flexibility index (Phi) is 4.09. The summed E-state index contributed by atoms with van der Waals surface area (Å²) >= 11 is 0. The summed E-state index contributed by atoms with van der Waals surface area (Å²) < 4.78 is 24.6. The fraction of sp³-hybridized carbons (Fsp3) is 0.182. The van der Waals surface area contributed by atoms with Crippen molar-refractivity contribution >= 4 is 10.0 Å². The lowest BCUT2D eigenvalue weighted by Gasteiger charge is -2.14. The summed E-state index contributed by atoms with van der Waals surface area (Å²) in [6, 6.07) is 7.90. The van der Waals surface area contributed by atoms with E-state index in [9.17, 15) is 8.42 Å². The number of rotatable bonds is 5. The second kappa shape index (κ2) is 5.33. The molecule has 0 aromatic heterocycles. The summed E-state index contributed by atoms with van der Waals surface area (Å²) in [5.74, 6) is 0. The van der Waals surface area contributed by atoms with E-state index in [-0.39, 0.29) is 11.4 Å². The highest BCUT2D eigenvalue weighted by Crippen LogP contribution is 2.14. The van der Waals surface area contributed by atoms with Gasteiger partial charge in [0.05, 0.1) is 4.90 Å². The number of benzene rings is 1. The molecule has 0 fully saturated rings. The van der Waals surface area contributed by atoms with Crippen LogP contribution in [-0.4, -0.2) is 19.3 Å². The van der Waals surface area contributed by atoms with Crippen LogP contribution in [0, 0.1) is 11.5 Å². The van der Waals surface area contributed by atoms with Crippen molar-refractivity contribution in [3.63, 3.8) is 0 Å². The van der Waals surface area contributed by atoms with Crippen LogP contribution in [0.1, 0.15) is 6.42 Å². The molecule has 1 aromatic rings. The molecule has 0 aliphatic heterocycles. The Morgan fingerprint density at radius 2 is 2.00 bits per heavy atom. The third kappa shape index (κ3) is 2.61. The summed E-state index contributed by atoms with van der Waals surface area (Å²) in [5, 5.41) is 8.81. The van der Waals surface area contributed by atoms with Crippen molar-refractivity contribution in [3.8, 4) is 6.19 Å². The van der Waals surface area contributed by atoms with Crippen LogP contribution in [0.3, 0.4) is 0 Å². The molecule has 1 aromatic carbocycles. The van der Waals surface area contributed by atoms with Crippen molar-refractivity contribution in [1.29, 1.82) is 5.26 Å². The van der Waals surface area contributed by atoms with Gasteiger partial charge < -0.3 is 0 Å². The molecule has 4 nitrogen and oxygen atoms in total. The minimum absolute atomic E-state index is 0.122. The summed E-state index contributed by atoms with van der Waals surface area (Å²) in [6.07, 6.45) is 3.69. The summed E-state index contributed by atoms with van der Waals surface area (Å²) in [4.78, 5) is 0.126. The molecule has 1 rings (SSSR count). The number of hydrogen-bond acceptors (Lipinski definition) is 3. The first kappa shape index (κ1) is 12.3. The van der Waals surface area contributed by atoms with Crippen LogP contribution < -0.4 is 0 Å². The number of nitrogens with zero attached hydrogens (tertiary/aromatic N) is 2. The zero-order valence-electron chi connectivity index (χ0n) is 8.70. The maximum Gasteiger partial charge on any atom is 0.272 e. The molecule has 16 heavy (non-hydrogen) atoms. The molecule has 0 amide bonds. The lowest BCUT2D eigenvalue weighted by Crippen LogP contribution is -2.27. The Hall–Kier alpha value is -1.80. The number of hydrogen-bond donors (Lipinski definition) is 0. The van der Waals surface area contributed by atoms with Gasteiger partial charge in [0.15, 0.2) is 6.19 Å². The molecule has 0 spiro atoms. The third-order valence-electron chi connectivity index (χ3n) is 1.98. The molecule has 0 heterocycles. The molecule has 0 radical (unpaired) electrons. The smallest absolute Gasteiger partial charge is 0.202 e. The first-order valence-electron chi connectivity index (χ1n) is 4.71. The van der Waals surface area contributed by atoms with Crippen molar-refractivity contribution in [2.45, 2.75) is 11.3 Å². The van der Waals surface area contributed by atoms with Gasteiger partial charge in [-0.25, -0.2) is 12.7 Å². The van der Waals surface area contributed by atoms with E-state index >= 15 is 0 Å². The lowest BCUT2D eigenvalue weighted by molar-refractivity contribution is 0.511. The van der Waals surface area contributed by atoms with Gasteiger partial charge in [-0.2, -0.15) is 5.26 Å². The molecule has 84 valence electrons. The van der Waals surface area contributed by atoms with Crippen LogP contribution in [0.15, 0.2) is 47.9 Å². The molecule has 0 unspecified atom stereocenters. The summed E-state index contributed by atoms with van der Waals surface area (Å²) in [6.45, 7) is 3.61. The van der Waals surface area contributed by atoms with Crippen LogP contribution in [0.5, 0.6) is 0 Å². The average Bonchev–Trinajstić information content (AvgIpc) is 2.31. The lowest BCUT2D eigenvalue weighted by atomic mass is 10.4. The maximum atomic E-state index is 11.9. The van der Waals surface area contributed by atoms with Gasteiger partial charge >= 0.3 is 0 Å². The maximum absolute atomic E-state index is 11.9. The Morgan fingerprint density at radius 1 is 1.38 bits per heavy atom.